The highest BCUT2D eigenvalue weighted by Gasteiger charge is 2.34. The molecule has 0 radical (unpaired) electrons. The van der Waals surface area contributed by atoms with Crippen LogP contribution in [-0.4, -0.2) is 76.0 Å². The third-order valence-corrected chi connectivity index (χ3v) is 7.28. The zero-order valence-electron chi connectivity index (χ0n) is 27.1. The minimum absolute atomic E-state index is 0.0593. The molecule has 256 valence electrons. The number of aliphatic carboxylic acids is 1. The Morgan fingerprint density at radius 2 is 1.47 bits per heavy atom. The summed E-state index contributed by atoms with van der Waals surface area (Å²) in [5.74, 6) is -5.18. The van der Waals surface area contributed by atoms with Crippen LogP contribution >= 0.6 is 0 Å². The lowest BCUT2D eigenvalue weighted by molar-refractivity contribution is -0.137. The number of carbonyl (C=O) groups excluding carboxylic acids is 5. The molecule has 0 bridgehead atoms. The number of benzene rings is 2. The fraction of sp³-hybridized carbons (Fsp3) is 0.455. The molecule has 0 spiro atoms. The maximum atomic E-state index is 13.7. The van der Waals surface area contributed by atoms with Crippen molar-refractivity contribution in [3.63, 3.8) is 0 Å². The minimum Gasteiger partial charge on any atom is -0.481 e. The molecule has 0 unspecified atom stereocenters. The van der Waals surface area contributed by atoms with Gasteiger partial charge in [0.05, 0.1) is 12.1 Å². The van der Waals surface area contributed by atoms with Crippen LogP contribution in [0.1, 0.15) is 62.9 Å². The van der Waals surface area contributed by atoms with Crippen molar-refractivity contribution in [2.75, 3.05) is 5.32 Å². The average molecular weight is 655 g/mol. The summed E-state index contributed by atoms with van der Waals surface area (Å²) in [5.41, 5.74) is 12.2. The highest BCUT2D eigenvalue weighted by molar-refractivity contribution is 5.98. The summed E-state index contributed by atoms with van der Waals surface area (Å²) in [6, 6.07) is 10.2. The molecular formula is C33H46N6O8. The van der Waals surface area contributed by atoms with E-state index in [0.29, 0.717) is 5.56 Å². The Balaban J connectivity index is 2.27. The number of rotatable bonds is 18. The number of hydrogen-bond acceptors (Lipinski definition) is 8. The Morgan fingerprint density at radius 1 is 0.809 bits per heavy atom. The highest BCUT2D eigenvalue weighted by atomic mass is 16.4. The van der Waals surface area contributed by atoms with Gasteiger partial charge >= 0.3 is 5.97 Å². The summed E-state index contributed by atoms with van der Waals surface area (Å²) in [6.07, 6.45) is -1.95. The number of aliphatic hydroxyl groups is 1. The van der Waals surface area contributed by atoms with Crippen molar-refractivity contribution in [2.24, 2.45) is 23.3 Å². The predicted molar refractivity (Wildman–Crippen MR) is 175 cm³/mol. The Labute approximate surface area is 274 Å². The Hall–Kier alpha value is -4.82. The minimum atomic E-state index is -1.75. The summed E-state index contributed by atoms with van der Waals surface area (Å²) in [4.78, 5) is 75.4. The van der Waals surface area contributed by atoms with Crippen LogP contribution < -0.4 is 32.7 Å². The van der Waals surface area contributed by atoms with Crippen molar-refractivity contribution in [3.8, 4) is 0 Å². The summed E-state index contributed by atoms with van der Waals surface area (Å²) in [5, 5.41) is 30.6. The van der Waals surface area contributed by atoms with Gasteiger partial charge in [0.25, 0.3) is 5.91 Å². The first-order chi connectivity index (χ1) is 22.1. The smallest absolute Gasteiger partial charge is 0.303 e. The third kappa shape index (κ3) is 12.8. The van der Waals surface area contributed by atoms with Crippen molar-refractivity contribution in [2.45, 2.75) is 83.6 Å². The lowest BCUT2D eigenvalue weighted by Crippen LogP contribution is -2.59. The molecule has 0 aliphatic rings. The fourth-order valence-electron chi connectivity index (χ4n) is 4.71. The second-order valence-electron chi connectivity index (χ2n) is 12.1. The van der Waals surface area contributed by atoms with E-state index in [0.717, 1.165) is 0 Å². The van der Waals surface area contributed by atoms with Gasteiger partial charge in [-0.15, -0.1) is 0 Å². The number of anilines is 1. The number of carboxylic acid groups (broad SMARTS) is 1. The SMILES string of the molecule is CC(C)C[C@H](NC(=O)[C@@H](NC(=O)[C@@H](N)CCC(=O)O)C(C)C)C(=O)N[C@@H](Cc1ccccc1)[C@@H](O)C(=O)Nc1cccc(C(N)=O)c1. The van der Waals surface area contributed by atoms with Gasteiger partial charge in [-0.1, -0.05) is 64.1 Å². The van der Waals surface area contributed by atoms with Crippen molar-refractivity contribution in [1.82, 2.24) is 16.0 Å². The normalized spacial score (nSPS) is 14.3. The second kappa shape index (κ2) is 18.4. The van der Waals surface area contributed by atoms with Gasteiger partial charge in [-0.05, 0) is 54.9 Å². The maximum absolute atomic E-state index is 13.7. The number of carbonyl (C=O) groups is 6. The molecule has 5 atom stereocenters. The molecular weight excluding hydrogens is 608 g/mol. The van der Waals surface area contributed by atoms with Gasteiger partial charge < -0.3 is 42.9 Å². The van der Waals surface area contributed by atoms with E-state index in [1.54, 1.807) is 44.2 Å². The van der Waals surface area contributed by atoms with Crippen LogP contribution in [0.5, 0.6) is 0 Å². The first-order valence-electron chi connectivity index (χ1n) is 15.4. The number of hydrogen-bond donors (Lipinski definition) is 8. The van der Waals surface area contributed by atoms with Crippen LogP contribution in [0.2, 0.25) is 0 Å². The molecule has 14 heteroatoms. The van der Waals surface area contributed by atoms with Crippen LogP contribution in [0.4, 0.5) is 5.69 Å². The maximum Gasteiger partial charge on any atom is 0.303 e. The molecule has 2 aromatic rings. The number of carboxylic acids is 1. The van der Waals surface area contributed by atoms with Crippen molar-refractivity contribution < 1.29 is 39.0 Å². The molecule has 0 saturated heterocycles. The van der Waals surface area contributed by atoms with E-state index in [2.05, 4.69) is 21.3 Å². The van der Waals surface area contributed by atoms with E-state index >= 15 is 0 Å². The van der Waals surface area contributed by atoms with Gasteiger partial charge in [0.2, 0.25) is 23.6 Å². The van der Waals surface area contributed by atoms with Crippen LogP contribution in [0, 0.1) is 11.8 Å². The Kier molecular flexibility index (Phi) is 15.0. The van der Waals surface area contributed by atoms with Crippen LogP contribution in [-0.2, 0) is 30.4 Å². The quantitative estimate of drug-likeness (QED) is 0.112. The number of amides is 5. The topological polar surface area (TPSA) is 243 Å². The average Bonchev–Trinajstić information content (AvgIpc) is 3.01. The number of nitrogens with one attached hydrogen (secondary N) is 4. The molecule has 0 aliphatic carbocycles. The van der Waals surface area contributed by atoms with Crippen LogP contribution in [0.3, 0.4) is 0 Å². The molecule has 2 rings (SSSR count). The molecule has 47 heavy (non-hydrogen) atoms. The number of primary amides is 1. The van der Waals surface area contributed by atoms with Crippen LogP contribution in [0.15, 0.2) is 54.6 Å². The standard InChI is InChI=1S/C33H46N6O8/c1-18(2)15-25(38-32(46)27(19(3)4)39-30(44)23(34)13-14-26(40)41)31(45)37-24(16-20-9-6-5-7-10-20)28(42)33(47)36-22-12-8-11-21(17-22)29(35)43/h5-12,17-19,23-25,27-28,42H,13-16,34H2,1-4H3,(H2,35,43)(H,36,47)(H,37,45)(H,38,46)(H,39,44)(H,40,41)/t23-,24-,25-,27-,28+/m0/s1. The molecule has 10 N–H and O–H groups in total. The summed E-state index contributed by atoms with van der Waals surface area (Å²) in [6.45, 7) is 7.07. The van der Waals surface area contributed by atoms with E-state index < -0.39 is 71.7 Å². The third-order valence-electron chi connectivity index (χ3n) is 7.28. The van der Waals surface area contributed by atoms with Gasteiger partial charge in [0.1, 0.15) is 12.1 Å². The van der Waals surface area contributed by atoms with Crippen LogP contribution in [0.25, 0.3) is 0 Å². The van der Waals surface area contributed by atoms with E-state index in [9.17, 15) is 33.9 Å². The van der Waals surface area contributed by atoms with E-state index in [1.807, 2.05) is 13.8 Å². The predicted octanol–water partition coefficient (Wildman–Crippen LogP) is 0.676. The molecule has 0 fully saturated rings. The molecule has 5 amide bonds. The first-order valence-corrected chi connectivity index (χ1v) is 15.4. The van der Waals surface area contributed by atoms with E-state index in [-0.39, 0.29) is 42.9 Å². The van der Waals surface area contributed by atoms with E-state index in [1.165, 1.54) is 24.3 Å². The zero-order valence-corrected chi connectivity index (χ0v) is 27.1. The van der Waals surface area contributed by atoms with Gasteiger partial charge in [-0.2, -0.15) is 0 Å². The summed E-state index contributed by atoms with van der Waals surface area (Å²) >= 11 is 0. The highest BCUT2D eigenvalue weighted by Crippen LogP contribution is 2.15. The first kappa shape index (κ1) is 38.4. The van der Waals surface area contributed by atoms with Gasteiger partial charge in [0.15, 0.2) is 6.10 Å². The van der Waals surface area contributed by atoms with Crippen molar-refractivity contribution >= 4 is 41.2 Å². The zero-order chi connectivity index (χ0) is 35.3. The summed E-state index contributed by atoms with van der Waals surface area (Å²) in [7, 11) is 0. The summed E-state index contributed by atoms with van der Waals surface area (Å²) < 4.78 is 0. The van der Waals surface area contributed by atoms with E-state index in [4.69, 9.17) is 16.6 Å². The number of aliphatic hydroxyl groups excluding tert-OH is 1. The lowest BCUT2D eigenvalue weighted by atomic mass is 9.97. The lowest BCUT2D eigenvalue weighted by Gasteiger charge is -2.29. The molecule has 0 heterocycles. The fourth-order valence-corrected chi connectivity index (χ4v) is 4.71. The van der Waals surface area contributed by atoms with Gasteiger partial charge in [-0.25, -0.2) is 0 Å². The van der Waals surface area contributed by atoms with Gasteiger partial charge in [-0.3, -0.25) is 28.8 Å². The van der Waals surface area contributed by atoms with Crippen molar-refractivity contribution in [1.29, 1.82) is 0 Å². The van der Waals surface area contributed by atoms with Gasteiger partial charge in [0, 0.05) is 17.7 Å². The molecule has 0 saturated carbocycles. The molecule has 2 aromatic carbocycles. The van der Waals surface area contributed by atoms with Crippen molar-refractivity contribution in [3.05, 3.63) is 65.7 Å². The Morgan fingerprint density at radius 3 is 2.04 bits per heavy atom. The molecule has 0 aliphatic heterocycles. The monoisotopic (exact) mass is 654 g/mol. The Bertz CT molecular complexity index is 1400. The number of nitrogens with two attached hydrogens (primary N) is 2. The molecule has 14 nitrogen and oxygen atoms in total. The largest absolute Gasteiger partial charge is 0.481 e. The second-order valence-corrected chi connectivity index (χ2v) is 12.1. The molecule has 0 aromatic heterocycles.